The van der Waals surface area contributed by atoms with Crippen LogP contribution < -0.4 is 4.74 Å². The Kier molecular flexibility index (Phi) is 4.26. The van der Waals surface area contributed by atoms with Crippen LogP contribution in [0.15, 0.2) is 18.2 Å². The molecular weight excluding hydrogens is 199 g/mol. The summed E-state index contributed by atoms with van der Waals surface area (Å²) >= 11 is 4.15. The molecule has 0 radical (unpaired) electrons. The Labute approximate surface area is 89.7 Å². The monoisotopic (exact) mass is 214 g/mol. The van der Waals surface area contributed by atoms with Crippen LogP contribution in [-0.2, 0) is 0 Å². The number of ether oxygens (including phenoxy) is 1. The van der Waals surface area contributed by atoms with E-state index in [0.29, 0.717) is 18.3 Å². The second-order valence-electron chi connectivity index (χ2n) is 3.51. The summed E-state index contributed by atoms with van der Waals surface area (Å²) in [6.45, 7) is 4.52. The number of benzene rings is 1. The van der Waals surface area contributed by atoms with E-state index in [4.69, 9.17) is 4.74 Å². The minimum Gasteiger partial charge on any atom is -0.493 e. The molecule has 0 aliphatic heterocycles. The Morgan fingerprint density at radius 2 is 2.21 bits per heavy atom. The molecule has 0 saturated heterocycles. The van der Waals surface area contributed by atoms with Crippen molar-refractivity contribution < 1.29 is 9.13 Å². The van der Waals surface area contributed by atoms with Crippen LogP contribution in [0.1, 0.15) is 12.5 Å². The quantitative estimate of drug-likeness (QED) is 0.758. The zero-order valence-electron chi connectivity index (χ0n) is 8.46. The van der Waals surface area contributed by atoms with E-state index in [-0.39, 0.29) is 5.82 Å². The lowest BCUT2D eigenvalue weighted by atomic mass is 10.2. The maximum Gasteiger partial charge on any atom is 0.126 e. The summed E-state index contributed by atoms with van der Waals surface area (Å²) in [6, 6.07) is 4.57. The molecule has 0 spiro atoms. The first kappa shape index (κ1) is 11.4. The molecule has 1 aromatic rings. The molecule has 0 N–H and O–H groups in total. The van der Waals surface area contributed by atoms with Gasteiger partial charge in [-0.15, -0.1) is 0 Å². The van der Waals surface area contributed by atoms with Crippen LogP contribution in [0.4, 0.5) is 4.39 Å². The van der Waals surface area contributed by atoms with Crippen LogP contribution in [0.3, 0.4) is 0 Å². The zero-order valence-corrected chi connectivity index (χ0v) is 9.35. The molecule has 0 aliphatic carbocycles. The lowest BCUT2D eigenvalue weighted by Gasteiger charge is -2.12. The maximum absolute atomic E-state index is 12.9. The smallest absolute Gasteiger partial charge is 0.126 e. The van der Waals surface area contributed by atoms with Crippen LogP contribution in [-0.4, -0.2) is 12.4 Å². The van der Waals surface area contributed by atoms with Gasteiger partial charge in [0.25, 0.3) is 0 Å². The molecule has 1 unspecified atom stereocenters. The minimum absolute atomic E-state index is 0.260. The first-order valence-corrected chi connectivity index (χ1v) is 5.26. The van der Waals surface area contributed by atoms with Gasteiger partial charge >= 0.3 is 0 Å². The van der Waals surface area contributed by atoms with Gasteiger partial charge in [-0.05, 0) is 30.2 Å². The summed E-state index contributed by atoms with van der Waals surface area (Å²) in [5, 5.41) is 0. The Bertz CT molecular complexity index is 301. The predicted molar refractivity (Wildman–Crippen MR) is 59.6 cm³/mol. The maximum atomic E-state index is 12.9. The number of halogens is 1. The molecule has 14 heavy (non-hydrogen) atoms. The first-order chi connectivity index (χ1) is 6.63. The average Bonchev–Trinajstić information content (AvgIpc) is 2.19. The molecule has 1 nitrogen and oxygen atoms in total. The number of hydrogen-bond donors (Lipinski definition) is 1. The van der Waals surface area contributed by atoms with Gasteiger partial charge in [-0.3, -0.25) is 0 Å². The van der Waals surface area contributed by atoms with Crippen LogP contribution in [0.25, 0.3) is 0 Å². The molecule has 0 saturated carbocycles. The fourth-order valence-corrected chi connectivity index (χ4v) is 1.12. The fourth-order valence-electron chi connectivity index (χ4n) is 1.01. The number of aryl methyl sites for hydroxylation is 1. The Morgan fingerprint density at radius 3 is 2.86 bits per heavy atom. The second-order valence-corrected chi connectivity index (χ2v) is 3.87. The summed E-state index contributed by atoms with van der Waals surface area (Å²) in [6.07, 6.45) is 0. The summed E-state index contributed by atoms with van der Waals surface area (Å²) in [4.78, 5) is 0. The van der Waals surface area contributed by atoms with E-state index in [9.17, 15) is 4.39 Å². The fraction of sp³-hybridized carbons (Fsp3) is 0.455. The standard InChI is InChI=1S/C11H15FOS/c1-8(7-14)6-13-11-5-10(12)4-3-9(11)2/h3-5,8,14H,6-7H2,1-2H3. The molecule has 0 amide bonds. The average molecular weight is 214 g/mol. The molecular formula is C11H15FOS. The van der Waals surface area contributed by atoms with E-state index >= 15 is 0 Å². The van der Waals surface area contributed by atoms with Crippen molar-refractivity contribution in [3.63, 3.8) is 0 Å². The van der Waals surface area contributed by atoms with Gasteiger partial charge in [0.2, 0.25) is 0 Å². The SMILES string of the molecule is Cc1ccc(F)cc1OCC(C)CS. The third-order valence-electron chi connectivity index (χ3n) is 1.99. The zero-order chi connectivity index (χ0) is 10.6. The van der Waals surface area contributed by atoms with E-state index in [1.165, 1.54) is 12.1 Å². The Morgan fingerprint density at radius 1 is 1.50 bits per heavy atom. The molecule has 1 rings (SSSR count). The van der Waals surface area contributed by atoms with Crippen molar-refractivity contribution in [3.8, 4) is 5.75 Å². The van der Waals surface area contributed by atoms with Crippen molar-refractivity contribution in [3.05, 3.63) is 29.6 Å². The number of thiol groups is 1. The number of hydrogen-bond acceptors (Lipinski definition) is 2. The van der Waals surface area contributed by atoms with Crippen LogP contribution in [0, 0.1) is 18.7 Å². The van der Waals surface area contributed by atoms with E-state index in [2.05, 4.69) is 12.6 Å². The summed E-state index contributed by atoms with van der Waals surface area (Å²) < 4.78 is 18.3. The normalized spacial score (nSPS) is 12.6. The lowest BCUT2D eigenvalue weighted by molar-refractivity contribution is 0.271. The molecule has 78 valence electrons. The number of rotatable bonds is 4. The van der Waals surface area contributed by atoms with Crippen LogP contribution in [0.2, 0.25) is 0 Å². The van der Waals surface area contributed by atoms with Crippen LogP contribution >= 0.6 is 12.6 Å². The highest BCUT2D eigenvalue weighted by Crippen LogP contribution is 2.19. The predicted octanol–water partition coefficient (Wildman–Crippen LogP) is 3.08. The highest BCUT2D eigenvalue weighted by molar-refractivity contribution is 7.80. The third kappa shape index (κ3) is 3.22. The highest BCUT2D eigenvalue weighted by Gasteiger charge is 2.04. The van der Waals surface area contributed by atoms with Gasteiger partial charge in [-0.2, -0.15) is 12.6 Å². The van der Waals surface area contributed by atoms with Crippen LogP contribution in [0.5, 0.6) is 5.75 Å². The van der Waals surface area contributed by atoms with Crippen molar-refractivity contribution in [1.82, 2.24) is 0 Å². The van der Waals surface area contributed by atoms with E-state index in [0.717, 1.165) is 11.3 Å². The molecule has 1 atom stereocenters. The highest BCUT2D eigenvalue weighted by atomic mass is 32.1. The molecule has 0 heterocycles. The molecule has 0 aliphatic rings. The Balaban J connectivity index is 2.62. The second kappa shape index (κ2) is 5.25. The van der Waals surface area contributed by atoms with Gasteiger partial charge in [-0.1, -0.05) is 13.0 Å². The van der Waals surface area contributed by atoms with Gasteiger partial charge < -0.3 is 4.74 Å². The first-order valence-electron chi connectivity index (χ1n) is 4.63. The Hall–Kier alpha value is -0.700. The largest absolute Gasteiger partial charge is 0.493 e. The molecule has 0 aromatic heterocycles. The van der Waals surface area contributed by atoms with Crippen molar-refractivity contribution in [2.45, 2.75) is 13.8 Å². The molecule has 3 heteroatoms. The third-order valence-corrected chi connectivity index (χ3v) is 2.61. The van der Waals surface area contributed by atoms with E-state index in [1.54, 1.807) is 6.07 Å². The van der Waals surface area contributed by atoms with E-state index in [1.807, 2.05) is 13.8 Å². The summed E-state index contributed by atoms with van der Waals surface area (Å²) in [5.41, 5.74) is 0.956. The van der Waals surface area contributed by atoms with Gasteiger partial charge in [0.1, 0.15) is 11.6 Å². The van der Waals surface area contributed by atoms with Gasteiger partial charge in [0.15, 0.2) is 0 Å². The van der Waals surface area contributed by atoms with E-state index < -0.39 is 0 Å². The van der Waals surface area contributed by atoms with Gasteiger partial charge in [-0.25, -0.2) is 4.39 Å². The van der Waals surface area contributed by atoms with Crippen molar-refractivity contribution in [1.29, 1.82) is 0 Å². The molecule has 0 fully saturated rings. The van der Waals surface area contributed by atoms with Gasteiger partial charge in [0, 0.05) is 6.07 Å². The van der Waals surface area contributed by atoms with Crippen molar-refractivity contribution >= 4 is 12.6 Å². The molecule has 1 aromatic carbocycles. The summed E-state index contributed by atoms with van der Waals surface area (Å²) in [5.74, 6) is 1.51. The topological polar surface area (TPSA) is 9.23 Å². The summed E-state index contributed by atoms with van der Waals surface area (Å²) in [7, 11) is 0. The van der Waals surface area contributed by atoms with Gasteiger partial charge in [0.05, 0.1) is 6.61 Å². The molecule has 0 bridgehead atoms. The van der Waals surface area contributed by atoms with Crippen molar-refractivity contribution in [2.24, 2.45) is 5.92 Å². The van der Waals surface area contributed by atoms with Crippen molar-refractivity contribution in [2.75, 3.05) is 12.4 Å². The lowest BCUT2D eigenvalue weighted by Crippen LogP contribution is -2.10. The minimum atomic E-state index is -0.260.